The lowest BCUT2D eigenvalue weighted by Gasteiger charge is -2.28. The molecule has 1 aliphatic heterocycles. The molecule has 5 heteroatoms. The molecule has 1 atom stereocenters. The van der Waals surface area contributed by atoms with Gasteiger partial charge in [0.25, 0.3) is 0 Å². The van der Waals surface area contributed by atoms with E-state index in [1.165, 1.54) is 0 Å². The van der Waals surface area contributed by atoms with E-state index >= 15 is 0 Å². The van der Waals surface area contributed by atoms with Crippen molar-refractivity contribution in [1.82, 2.24) is 10.2 Å². The van der Waals surface area contributed by atoms with Crippen molar-refractivity contribution in [3.63, 3.8) is 0 Å². The number of carbonyl (C=O) groups is 2. The molecule has 0 radical (unpaired) electrons. The summed E-state index contributed by atoms with van der Waals surface area (Å²) in [6, 6.07) is 0.0205. The number of hydrogen-bond donors (Lipinski definition) is 2. The van der Waals surface area contributed by atoms with Crippen LogP contribution in [0.1, 0.15) is 57.8 Å². The van der Waals surface area contributed by atoms with E-state index in [1.54, 1.807) is 4.90 Å². The standard InChI is InChI=1S/C15H24N2O3/c18-13(10-15(20)7-1-2-8-15)17-9-3-4-12(17)14(19)16-11-5-6-11/h11-12,20H,1-10H2,(H,16,19). The van der Waals surface area contributed by atoms with Crippen LogP contribution in [0.3, 0.4) is 0 Å². The molecule has 5 nitrogen and oxygen atoms in total. The molecule has 3 fully saturated rings. The summed E-state index contributed by atoms with van der Waals surface area (Å²) < 4.78 is 0. The van der Waals surface area contributed by atoms with E-state index in [4.69, 9.17) is 0 Å². The normalized spacial score (nSPS) is 28.6. The van der Waals surface area contributed by atoms with Gasteiger partial charge in [-0.2, -0.15) is 0 Å². The Morgan fingerprint density at radius 2 is 1.85 bits per heavy atom. The summed E-state index contributed by atoms with van der Waals surface area (Å²) in [5.74, 6) is -0.0559. The van der Waals surface area contributed by atoms with Crippen LogP contribution in [0.5, 0.6) is 0 Å². The first-order valence-corrected chi connectivity index (χ1v) is 7.90. The molecule has 1 saturated heterocycles. The Hall–Kier alpha value is -1.10. The summed E-state index contributed by atoms with van der Waals surface area (Å²) in [5, 5.41) is 13.3. The van der Waals surface area contributed by atoms with Gasteiger partial charge in [-0.25, -0.2) is 0 Å². The van der Waals surface area contributed by atoms with Crippen molar-refractivity contribution >= 4 is 11.8 Å². The van der Waals surface area contributed by atoms with Crippen molar-refractivity contribution < 1.29 is 14.7 Å². The highest BCUT2D eigenvalue weighted by Crippen LogP contribution is 2.33. The van der Waals surface area contributed by atoms with Crippen molar-refractivity contribution in [3.05, 3.63) is 0 Å². The van der Waals surface area contributed by atoms with E-state index < -0.39 is 5.60 Å². The van der Waals surface area contributed by atoms with Crippen molar-refractivity contribution in [2.75, 3.05) is 6.54 Å². The van der Waals surface area contributed by atoms with E-state index in [0.29, 0.717) is 25.4 Å². The van der Waals surface area contributed by atoms with Gasteiger partial charge in [-0.05, 0) is 38.5 Å². The highest BCUT2D eigenvalue weighted by molar-refractivity contribution is 5.88. The molecule has 3 rings (SSSR count). The van der Waals surface area contributed by atoms with E-state index in [2.05, 4.69) is 5.32 Å². The van der Waals surface area contributed by atoms with Crippen LogP contribution in [-0.4, -0.2) is 46.1 Å². The third kappa shape index (κ3) is 2.97. The van der Waals surface area contributed by atoms with E-state index in [-0.39, 0.29) is 24.3 Å². The van der Waals surface area contributed by atoms with E-state index in [0.717, 1.165) is 38.5 Å². The highest BCUT2D eigenvalue weighted by Gasteiger charge is 2.40. The first kappa shape index (κ1) is 13.9. The molecule has 20 heavy (non-hydrogen) atoms. The minimum absolute atomic E-state index is 0.00300. The second kappa shape index (κ2) is 5.35. The SMILES string of the molecule is O=C(NC1CC1)C1CCCN1C(=O)CC1(O)CCCC1. The minimum atomic E-state index is -0.822. The maximum atomic E-state index is 12.4. The van der Waals surface area contributed by atoms with Crippen molar-refractivity contribution in [2.45, 2.75) is 75.5 Å². The molecule has 2 N–H and O–H groups in total. The van der Waals surface area contributed by atoms with Crippen LogP contribution in [0.2, 0.25) is 0 Å². The monoisotopic (exact) mass is 280 g/mol. The average Bonchev–Trinajstić information content (AvgIpc) is 2.92. The quantitative estimate of drug-likeness (QED) is 0.805. The number of carbonyl (C=O) groups excluding carboxylic acids is 2. The Morgan fingerprint density at radius 3 is 2.50 bits per heavy atom. The predicted molar refractivity (Wildman–Crippen MR) is 73.9 cm³/mol. The maximum Gasteiger partial charge on any atom is 0.243 e. The Morgan fingerprint density at radius 1 is 1.15 bits per heavy atom. The van der Waals surface area contributed by atoms with Crippen LogP contribution in [-0.2, 0) is 9.59 Å². The maximum absolute atomic E-state index is 12.4. The largest absolute Gasteiger partial charge is 0.389 e. The smallest absolute Gasteiger partial charge is 0.243 e. The summed E-state index contributed by atoms with van der Waals surface area (Å²) in [7, 11) is 0. The van der Waals surface area contributed by atoms with Gasteiger partial charge in [-0.3, -0.25) is 9.59 Å². The predicted octanol–water partition coefficient (Wildman–Crippen LogP) is 0.951. The second-order valence-electron chi connectivity index (χ2n) is 6.64. The fraction of sp³-hybridized carbons (Fsp3) is 0.867. The third-order valence-electron chi connectivity index (χ3n) is 4.81. The van der Waals surface area contributed by atoms with Crippen LogP contribution in [0.25, 0.3) is 0 Å². The van der Waals surface area contributed by atoms with Gasteiger partial charge >= 0.3 is 0 Å². The molecule has 0 bridgehead atoms. The summed E-state index contributed by atoms with van der Waals surface area (Å²) in [6.07, 6.45) is 7.36. The van der Waals surface area contributed by atoms with Crippen molar-refractivity contribution in [1.29, 1.82) is 0 Å². The lowest BCUT2D eigenvalue weighted by atomic mass is 9.97. The highest BCUT2D eigenvalue weighted by atomic mass is 16.3. The fourth-order valence-corrected chi connectivity index (χ4v) is 3.46. The lowest BCUT2D eigenvalue weighted by Crippen LogP contribution is -2.48. The zero-order valence-electron chi connectivity index (χ0n) is 11.9. The van der Waals surface area contributed by atoms with Gasteiger partial charge < -0.3 is 15.3 Å². The summed E-state index contributed by atoms with van der Waals surface area (Å²) in [6.45, 7) is 0.650. The van der Waals surface area contributed by atoms with Crippen molar-refractivity contribution in [2.24, 2.45) is 0 Å². The number of amides is 2. The molecular formula is C15H24N2O3. The third-order valence-corrected chi connectivity index (χ3v) is 4.81. The molecule has 0 aromatic carbocycles. The zero-order chi connectivity index (χ0) is 14.2. The molecule has 0 aromatic heterocycles. The molecule has 2 saturated carbocycles. The minimum Gasteiger partial charge on any atom is -0.389 e. The van der Waals surface area contributed by atoms with Gasteiger partial charge in [0.2, 0.25) is 11.8 Å². The Bertz CT molecular complexity index is 400. The first-order valence-electron chi connectivity index (χ1n) is 7.90. The van der Waals surface area contributed by atoms with Crippen molar-refractivity contribution in [3.8, 4) is 0 Å². The Labute approximate surface area is 119 Å². The van der Waals surface area contributed by atoms with Gasteiger partial charge in [0.05, 0.1) is 12.0 Å². The average molecular weight is 280 g/mol. The van der Waals surface area contributed by atoms with Gasteiger partial charge in [-0.15, -0.1) is 0 Å². The molecule has 2 amide bonds. The number of nitrogens with one attached hydrogen (secondary N) is 1. The Balaban J connectivity index is 1.59. The van der Waals surface area contributed by atoms with Crippen LogP contribution in [0, 0.1) is 0 Å². The number of aliphatic hydroxyl groups is 1. The van der Waals surface area contributed by atoms with Crippen LogP contribution in [0.4, 0.5) is 0 Å². The molecule has 2 aliphatic carbocycles. The lowest BCUT2D eigenvalue weighted by molar-refractivity contribution is -0.142. The molecule has 3 aliphatic rings. The van der Waals surface area contributed by atoms with Gasteiger partial charge in [0, 0.05) is 12.6 Å². The number of likely N-dealkylation sites (tertiary alicyclic amines) is 1. The topological polar surface area (TPSA) is 69.6 Å². The fourth-order valence-electron chi connectivity index (χ4n) is 3.46. The van der Waals surface area contributed by atoms with Crippen LogP contribution >= 0.6 is 0 Å². The summed E-state index contributed by atoms with van der Waals surface area (Å²) in [4.78, 5) is 26.3. The molecule has 1 unspecified atom stereocenters. The molecule has 0 spiro atoms. The summed E-state index contributed by atoms with van der Waals surface area (Å²) >= 11 is 0. The second-order valence-corrected chi connectivity index (χ2v) is 6.64. The number of nitrogens with zero attached hydrogens (tertiary/aromatic N) is 1. The molecule has 1 heterocycles. The first-order chi connectivity index (χ1) is 9.57. The summed E-state index contributed by atoms with van der Waals surface area (Å²) in [5.41, 5.74) is -0.822. The molecule has 112 valence electrons. The van der Waals surface area contributed by atoms with Crippen LogP contribution < -0.4 is 5.32 Å². The molecule has 0 aromatic rings. The zero-order valence-corrected chi connectivity index (χ0v) is 11.9. The van der Waals surface area contributed by atoms with E-state index in [1.807, 2.05) is 0 Å². The molecular weight excluding hydrogens is 256 g/mol. The van der Waals surface area contributed by atoms with Gasteiger partial charge in [-0.1, -0.05) is 12.8 Å². The van der Waals surface area contributed by atoms with Crippen LogP contribution in [0.15, 0.2) is 0 Å². The Kier molecular flexibility index (Phi) is 3.71. The number of hydrogen-bond acceptors (Lipinski definition) is 3. The van der Waals surface area contributed by atoms with E-state index in [9.17, 15) is 14.7 Å². The van der Waals surface area contributed by atoms with Gasteiger partial charge in [0.15, 0.2) is 0 Å². The number of rotatable bonds is 4. The van der Waals surface area contributed by atoms with Gasteiger partial charge in [0.1, 0.15) is 6.04 Å².